The summed E-state index contributed by atoms with van der Waals surface area (Å²) < 4.78 is 3.29. The van der Waals surface area contributed by atoms with Crippen molar-refractivity contribution in [2.75, 3.05) is 0 Å². The average molecular weight is 229 g/mol. The Morgan fingerprint density at radius 2 is 2.06 bits per heavy atom. The average Bonchev–Trinajstić information content (AvgIpc) is 2.45. The van der Waals surface area contributed by atoms with Crippen LogP contribution < -0.4 is 0 Å². The van der Waals surface area contributed by atoms with Crippen molar-refractivity contribution in [3.8, 4) is 0 Å². The summed E-state index contributed by atoms with van der Waals surface area (Å²) >= 11 is 1.68. The summed E-state index contributed by atoms with van der Waals surface area (Å²) in [7, 11) is 2.06. The van der Waals surface area contributed by atoms with E-state index < -0.39 is 0 Å². The van der Waals surface area contributed by atoms with E-state index in [2.05, 4.69) is 39.2 Å². The maximum Gasteiger partial charge on any atom is 0.149 e. The Hall–Kier alpha value is -1.81. The number of aryl methyl sites for hydroxylation is 1. The number of fused-ring (bicyclic) bond motifs is 2. The van der Waals surface area contributed by atoms with Crippen molar-refractivity contribution in [1.82, 2.24) is 13.9 Å². The van der Waals surface area contributed by atoms with Crippen molar-refractivity contribution >= 4 is 32.9 Å². The zero-order valence-corrected chi connectivity index (χ0v) is 9.66. The van der Waals surface area contributed by atoms with Gasteiger partial charge in [0, 0.05) is 13.2 Å². The maximum atomic E-state index is 4.35. The van der Waals surface area contributed by atoms with Crippen molar-refractivity contribution < 1.29 is 0 Å². The number of aromatic amines is 1. The van der Waals surface area contributed by atoms with Crippen LogP contribution in [0.4, 0.5) is 0 Å². The number of H-pyrrole nitrogens is 1. The van der Waals surface area contributed by atoms with E-state index in [-0.39, 0.29) is 0 Å². The number of nitrogens with zero attached hydrogens (tertiary/aromatic N) is 2. The maximum absolute atomic E-state index is 4.35. The van der Waals surface area contributed by atoms with Crippen LogP contribution in [-0.4, -0.2) is 13.9 Å². The summed E-state index contributed by atoms with van der Waals surface area (Å²) in [6.45, 7) is 0. The summed E-state index contributed by atoms with van der Waals surface area (Å²) in [4.78, 5) is 7.71. The quantitative estimate of drug-likeness (QED) is 0.630. The molecule has 0 saturated carbocycles. The molecule has 3 nitrogen and oxygen atoms in total. The van der Waals surface area contributed by atoms with Crippen molar-refractivity contribution in [3.05, 3.63) is 42.6 Å². The van der Waals surface area contributed by atoms with Gasteiger partial charge in [-0.15, -0.1) is 0 Å². The van der Waals surface area contributed by atoms with Gasteiger partial charge >= 0.3 is 0 Å². The topological polar surface area (TPSA) is 33.6 Å². The fourth-order valence-electron chi connectivity index (χ4n) is 1.74. The number of pyridine rings is 1. The molecule has 0 radical (unpaired) electrons. The van der Waals surface area contributed by atoms with Crippen LogP contribution in [-0.2, 0) is 7.05 Å². The molecular weight excluding hydrogens is 218 g/mol. The minimum absolute atomic E-state index is 0.921. The van der Waals surface area contributed by atoms with Crippen LogP contribution in [0.15, 0.2) is 42.6 Å². The molecule has 0 aliphatic rings. The Labute approximate surface area is 96.8 Å². The minimum atomic E-state index is 0.921. The fraction of sp³-hybridized carbons (Fsp3) is 0.0833. The van der Waals surface area contributed by atoms with Gasteiger partial charge in [0.25, 0.3) is 0 Å². The van der Waals surface area contributed by atoms with Crippen molar-refractivity contribution in [2.24, 2.45) is 7.05 Å². The number of hydrogen-bond acceptors (Lipinski definition) is 2. The highest BCUT2D eigenvalue weighted by Crippen LogP contribution is 2.18. The van der Waals surface area contributed by atoms with Gasteiger partial charge in [-0.3, -0.25) is 3.96 Å². The van der Waals surface area contributed by atoms with E-state index >= 15 is 0 Å². The molecule has 0 aliphatic carbocycles. The zero-order valence-electron chi connectivity index (χ0n) is 8.84. The number of nitrogens with one attached hydrogen (secondary N) is 1. The first-order chi connectivity index (χ1) is 7.84. The van der Waals surface area contributed by atoms with Crippen LogP contribution in [0.2, 0.25) is 0 Å². The summed E-state index contributed by atoms with van der Waals surface area (Å²) in [5, 5.41) is 0. The SMILES string of the molecule is Cn1sc2cccnc2[nH]c2ccccc21. The largest absolute Gasteiger partial charge is 0.337 e. The van der Waals surface area contributed by atoms with Gasteiger partial charge < -0.3 is 4.98 Å². The molecule has 0 amide bonds. The molecule has 4 heteroatoms. The molecule has 0 aliphatic heterocycles. The predicted octanol–water partition coefficient (Wildman–Crippen LogP) is 3.24. The predicted molar refractivity (Wildman–Crippen MR) is 68.1 cm³/mol. The van der Waals surface area contributed by atoms with E-state index in [1.807, 2.05) is 18.2 Å². The summed E-state index contributed by atoms with van der Waals surface area (Å²) in [5.74, 6) is 0. The van der Waals surface area contributed by atoms with Gasteiger partial charge in [0.1, 0.15) is 5.65 Å². The number of para-hydroxylation sites is 2. The third kappa shape index (κ3) is 1.47. The summed E-state index contributed by atoms with van der Waals surface area (Å²) in [6, 6.07) is 12.3. The monoisotopic (exact) mass is 229 g/mol. The molecule has 3 rings (SSSR count). The lowest BCUT2D eigenvalue weighted by Crippen LogP contribution is -1.84. The number of benzene rings is 1. The van der Waals surface area contributed by atoms with Crippen LogP contribution in [0.3, 0.4) is 0 Å². The van der Waals surface area contributed by atoms with Crippen LogP contribution >= 0.6 is 11.5 Å². The standard InChI is InChI=1S/C12H11N3S/c1-15-10-6-3-2-5-9(10)14-12-11(16-15)7-4-8-13-12/h2-8H,1H3,(H,13,14). The van der Waals surface area contributed by atoms with Gasteiger partial charge in [0.05, 0.1) is 15.7 Å². The Bertz CT molecular complexity index is 688. The van der Waals surface area contributed by atoms with Crippen molar-refractivity contribution in [3.63, 3.8) is 0 Å². The molecule has 2 heterocycles. The second kappa shape index (κ2) is 3.64. The molecule has 1 aromatic carbocycles. The lowest BCUT2D eigenvalue weighted by atomic mass is 10.3. The van der Waals surface area contributed by atoms with E-state index in [4.69, 9.17) is 0 Å². The molecule has 3 aromatic rings. The molecule has 0 spiro atoms. The molecule has 0 unspecified atom stereocenters. The Balaban J connectivity index is 2.60. The molecule has 80 valence electrons. The highest BCUT2D eigenvalue weighted by atomic mass is 32.1. The van der Waals surface area contributed by atoms with Gasteiger partial charge in [-0.1, -0.05) is 23.7 Å². The number of hydrogen-bond donors (Lipinski definition) is 1. The molecule has 0 fully saturated rings. The van der Waals surface area contributed by atoms with Gasteiger partial charge in [-0.25, -0.2) is 4.98 Å². The normalized spacial score (nSPS) is 10.8. The minimum Gasteiger partial charge on any atom is -0.337 e. The van der Waals surface area contributed by atoms with E-state index in [0.29, 0.717) is 0 Å². The van der Waals surface area contributed by atoms with Crippen molar-refractivity contribution in [2.45, 2.75) is 0 Å². The molecule has 16 heavy (non-hydrogen) atoms. The van der Waals surface area contributed by atoms with Gasteiger partial charge in [0.15, 0.2) is 0 Å². The van der Waals surface area contributed by atoms with E-state index in [0.717, 1.165) is 15.9 Å². The Morgan fingerprint density at radius 3 is 3.00 bits per heavy atom. The van der Waals surface area contributed by atoms with Crippen LogP contribution in [0, 0.1) is 0 Å². The van der Waals surface area contributed by atoms with E-state index in [9.17, 15) is 0 Å². The zero-order chi connectivity index (χ0) is 11.0. The lowest BCUT2D eigenvalue weighted by molar-refractivity contribution is 1.08. The highest BCUT2D eigenvalue weighted by Gasteiger charge is 1.97. The Kier molecular flexibility index (Phi) is 2.15. The van der Waals surface area contributed by atoms with Crippen LogP contribution in [0.1, 0.15) is 0 Å². The molecule has 0 bridgehead atoms. The lowest BCUT2D eigenvalue weighted by Gasteiger charge is -1.96. The molecule has 2 aromatic heterocycles. The first-order valence-electron chi connectivity index (χ1n) is 5.07. The van der Waals surface area contributed by atoms with E-state index in [1.165, 1.54) is 5.52 Å². The number of rotatable bonds is 0. The van der Waals surface area contributed by atoms with E-state index in [1.54, 1.807) is 17.7 Å². The second-order valence-corrected chi connectivity index (χ2v) is 4.75. The Morgan fingerprint density at radius 1 is 1.19 bits per heavy atom. The fourth-order valence-corrected chi connectivity index (χ4v) is 2.62. The summed E-state index contributed by atoms with van der Waals surface area (Å²) in [5.41, 5.74) is 3.18. The first kappa shape index (κ1) is 9.42. The second-order valence-electron chi connectivity index (χ2n) is 3.58. The third-order valence-corrected chi connectivity index (χ3v) is 3.50. The molecular formula is C12H11N3S. The highest BCUT2D eigenvalue weighted by molar-refractivity contribution is 7.13. The molecule has 0 atom stereocenters. The third-order valence-electron chi connectivity index (χ3n) is 2.50. The molecule has 0 saturated heterocycles. The van der Waals surface area contributed by atoms with Gasteiger partial charge in [-0.2, -0.15) is 0 Å². The first-order valence-corrected chi connectivity index (χ1v) is 5.85. The molecule has 1 N–H and O–H groups in total. The van der Waals surface area contributed by atoms with Gasteiger partial charge in [-0.05, 0) is 24.3 Å². The van der Waals surface area contributed by atoms with Gasteiger partial charge in [0.2, 0.25) is 0 Å². The van der Waals surface area contributed by atoms with Crippen LogP contribution in [0.25, 0.3) is 21.4 Å². The number of aromatic nitrogens is 3. The van der Waals surface area contributed by atoms with Crippen LogP contribution in [0.5, 0.6) is 0 Å². The smallest absolute Gasteiger partial charge is 0.149 e. The summed E-state index contributed by atoms with van der Waals surface area (Å²) in [6.07, 6.45) is 1.81. The van der Waals surface area contributed by atoms with Crippen molar-refractivity contribution in [1.29, 1.82) is 0 Å².